The van der Waals surface area contributed by atoms with Gasteiger partial charge in [-0.2, -0.15) is 0 Å². The molecule has 2 N–H and O–H groups in total. The van der Waals surface area contributed by atoms with Gasteiger partial charge < -0.3 is 19.8 Å². The van der Waals surface area contributed by atoms with Crippen molar-refractivity contribution in [2.45, 2.75) is 23.2 Å². The molecular formula is C14H17N3O2S. The molecule has 0 amide bonds. The lowest BCUT2D eigenvalue weighted by Crippen LogP contribution is -2.29. The number of aromatic amines is 1. The summed E-state index contributed by atoms with van der Waals surface area (Å²) < 4.78 is 11.2. The van der Waals surface area contributed by atoms with E-state index in [1.165, 1.54) is 12.8 Å². The maximum Gasteiger partial charge on any atom is 0.166 e. The van der Waals surface area contributed by atoms with Crippen molar-refractivity contribution < 1.29 is 9.47 Å². The summed E-state index contributed by atoms with van der Waals surface area (Å²) in [5.41, 5.74) is 1.97. The number of imidazole rings is 1. The van der Waals surface area contributed by atoms with Crippen LogP contribution in [0.15, 0.2) is 17.3 Å². The molecule has 2 aliphatic rings. The third kappa shape index (κ3) is 2.33. The SMILES string of the molecule is c1c2c(cc3[nH]c(SC4CCNCC4)nc13)OCCO2. The fourth-order valence-electron chi connectivity index (χ4n) is 2.65. The second-order valence-corrected chi connectivity index (χ2v) is 6.41. The molecule has 0 saturated carbocycles. The van der Waals surface area contributed by atoms with E-state index in [2.05, 4.69) is 15.3 Å². The fourth-order valence-corrected chi connectivity index (χ4v) is 3.76. The van der Waals surface area contributed by atoms with Crippen LogP contribution in [0.5, 0.6) is 11.5 Å². The molecule has 0 atom stereocenters. The van der Waals surface area contributed by atoms with E-state index in [0.717, 1.165) is 40.8 Å². The van der Waals surface area contributed by atoms with E-state index in [9.17, 15) is 0 Å². The molecular weight excluding hydrogens is 274 g/mol. The van der Waals surface area contributed by atoms with E-state index in [1.54, 1.807) is 0 Å². The Kier molecular flexibility index (Phi) is 3.20. The van der Waals surface area contributed by atoms with Crippen molar-refractivity contribution in [3.63, 3.8) is 0 Å². The molecule has 1 saturated heterocycles. The van der Waals surface area contributed by atoms with Crippen LogP contribution in [0.2, 0.25) is 0 Å². The monoisotopic (exact) mass is 291 g/mol. The Bertz CT molecular complexity index is 579. The van der Waals surface area contributed by atoms with Crippen LogP contribution in [0.1, 0.15) is 12.8 Å². The van der Waals surface area contributed by atoms with Gasteiger partial charge in [0.05, 0.1) is 11.0 Å². The number of hydrogen-bond donors (Lipinski definition) is 2. The Balaban J connectivity index is 1.61. The normalized spacial score (nSPS) is 19.4. The van der Waals surface area contributed by atoms with Gasteiger partial charge in [0.2, 0.25) is 0 Å². The Labute approximate surface area is 121 Å². The summed E-state index contributed by atoms with van der Waals surface area (Å²) in [5, 5.41) is 5.03. The van der Waals surface area contributed by atoms with Crippen LogP contribution in [0.4, 0.5) is 0 Å². The molecule has 0 aliphatic carbocycles. The smallest absolute Gasteiger partial charge is 0.166 e. The van der Waals surface area contributed by atoms with Gasteiger partial charge in [-0.3, -0.25) is 0 Å². The molecule has 1 aromatic heterocycles. The first-order chi connectivity index (χ1) is 9.88. The first kappa shape index (κ1) is 12.3. The summed E-state index contributed by atoms with van der Waals surface area (Å²) in [7, 11) is 0. The zero-order valence-electron chi connectivity index (χ0n) is 11.1. The predicted molar refractivity (Wildman–Crippen MR) is 78.8 cm³/mol. The van der Waals surface area contributed by atoms with Crippen LogP contribution in [0, 0.1) is 0 Å². The van der Waals surface area contributed by atoms with E-state index >= 15 is 0 Å². The maximum atomic E-state index is 5.60. The molecule has 6 heteroatoms. The van der Waals surface area contributed by atoms with Gasteiger partial charge in [0.1, 0.15) is 13.2 Å². The van der Waals surface area contributed by atoms with E-state index in [-0.39, 0.29) is 0 Å². The van der Waals surface area contributed by atoms with E-state index in [1.807, 2.05) is 23.9 Å². The van der Waals surface area contributed by atoms with Gasteiger partial charge in [0, 0.05) is 17.4 Å². The third-order valence-corrected chi connectivity index (χ3v) is 4.91. The fraction of sp³-hybridized carbons (Fsp3) is 0.500. The number of nitrogens with zero attached hydrogens (tertiary/aromatic N) is 1. The highest BCUT2D eigenvalue weighted by atomic mass is 32.2. The summed E-state index contributed by atoms with van der Waals surface area (Å²) in [6.45, 7) is 3.44. The number of ether oxygens (including phenoxy) is 2. The van der Waals surface area contributed by atoms with Crippen LogP contribution in [-0.4, -0.2) is 41.5 Å². The lowest BCUT2D eigenvalue weighted by Gasteiger charge is -2.20. The number of aromatic nitrogens is 2. The molecule has 20 heavy (non-hydrogen) atoms. The van der Waals surface area contributed by atoms with Crippen molar-refractivity contribution in [3.8, 4) is 11.5 Å². The number of nitrogens with one attached hydrogen (secondary N) is 2. The number of thioether (sulfide) groups is 1. The summed E-state index contributed by atoms with van der Waals surface area (Å²) in [5.74, 6) is 1.61. The van der Waals surface area contributed by atoms with Gasteiger partial charge in [0.25, 0.3) is 0 Å². The topological polar surface area (TPSA) is 59.2 Å². The minimum Gasteiger partial charge on any atom is -0.486 e. The summed E-state index contributed by atoms with van der Waals surface area (Å²) in [6, 6.07) is 3.95. The van der Waals surface area contributed by atoms with Gasteiger partial charge in [0.15, 0.2) is 16.7 Å². The first-order valence-corrected chi connectivity index (χ1v) is 7.93. The zero-order chi connectivity index (χ0) is 13.4. The van der Waals surface area contributed by atoms with E-state index < -0.39 is 0 Å². The van der Waals surface area contributed by atoms with Gasteiger partial charge >= 0.3 is 0 Å². The number of H-pyrrole nitrogens is 1. The van der Waals surface area contributed by atoms with E-state index in [0.29, 0.717) is 18.5 Å². The number of piperidine rings is 1. The van der Waals surface area contributed by atoms with Crippen molar-refractivity contribution in [2.75, 3.05) is 26.3 Å². The minimum absolute atomic E-state index is 0.611. The minimum atomic E-state index is 0.611. The van der Waals surface area contributed by atoms with Gasteiger partial charge in [-0.1, -0.05) is 11.8 Å². The summed E-state index contributed by atoms with van der Waals surface area (Å²) in [6.07, 6.45) is 2.40. The van der Waals surface area contributed by atoms with Crippen LogP contribution in [0.3, 0.4) is 0 Å². The Hall–Kier alpha value is -1.40. The van der Waals surface area contributed by atoms with Crippen LogP contribution >= 0.6 is 11.8 Å². The second-order valence-electron chi connectivity index (χ2n) is 5.12. The third-order valence-electron chi connectivity index (χ3n) is 3.69. The quantitative estimate of drug-likeness (QED) is 0.888. The van der Waals surface area contributed by atoms with Crippen molar-refractivity contribution in [3.05, 3.63) is 12.1 Å². The number of fused-ring (bicyclic) bond motifs is 2. The second kappa shape index (κ2) is 5.18. The molecule has 5 nitrogen and oxygen atoms in total. The van der Waals surface area contributed by atoms with Crippen LogP contribution < -0.4 is 14.8 Å². The lowest BCUT2D eigenvalue weighted by atomic mass is 10.2. The Morgan fingerprint density at radius 2 is 1.85 bits per heavy atom. The molecule has 3 heterocycles. The number of rotatable bonds is 2. The number of benzene rings is 1. The summed E-state index contributed by atoms with van der Waals surface area (Å²) >= 11 is 1.84. The average Bonchev–Trinajstić information content (AvgIpc) is 2.86. The highest BCUT2D eigenvalue weighted by Crippen LogP contribution is 2.35. The predicted octanol–water partition coefficient (Wildman–Crippen LogP) is 2.18. The van der Waals surface area contributed by atoms with Crippen molar-refractivity contribution >= 4 is 22.8 Å². The molecule has 2 aliphatic heterocycles. The number of hydrogen-bond acceptors (Lipinski definition) is 5. The van der Waals surface area contributed by atoms with Crippen molar-refractivity contribution in [2.24, 2.45) is 0 Å². The lowest BCUT2D eigenvalue weighted by molar-refractivity contribution is 0.172. The summed E-state index contributed by atoms with van der Waals surface area (Å²) in [4.78, 5) is 8.06. The molecule has 0 spiro atoms. The first-order valence-electron chi connectivity index (χ1n) is 7.05. The van der Waals surface area contributed by atoms with Gasteiger partial charge in [-0.05, 0) is 25.9 Å². The molecule has 4 rings (SSSR count). The molecule has 0 bridgehead atoms. The average molecular weight is 291 g/mol. The van der Waals surface area contributed by atoms with Gasteiger partial charge in [-0.15, -0.1) is 0 Å². The van der Waals surface area contributed by atoms with E-state index in [4.69, 9.17) is 9.47 Å². The molecule has 106 valence electrons. The van der Waals surface area contributed by atoms with Crippen molar-refractivity contribution in [1.82, 2.24) is 15.3 Å². The van der Waals surface area contributed by atoms with Crippen LogP contribution in [-0.2, 0) is 0 Å². The standard InChI is InChI=1S/C14H17N3O2S/c1-3-15-4-2-9(1)20-14-16-10-7-12-13(8-11(10)17-14)19-6-5-18-12/h7-9,15H,1-6H2,(H,16,17). The van der Waals surface area contributed by atoms with Crippen molar-refractivity contribution in [1.29, 1.82) is 0 Å². The molecule has 0 radical (unpaired) electrons. The molecule has 0 unspecified atom stereocenters. The highest BCUT2D eigenvalue weighted by molar-refractivity contribution is 7.99. The molecule has 1 aromatic carbocycles. The Morgan fingerprint density at radius 1 is 1.10 bits per heavy atom. The van der Waals surface area contributed by atoms with Crippen LogP contribution in [0.25, 0.3) is 11.0 Å². The zero-order valence-corrected chi connectivity index (χ0v) is 12.0. The molecule has 2 aromatic rings. The van der Waals surface area contributed by atoms with Gasteiger partial charge in [-0.25, -0.2) is 4.98 Å². The molecule has 1 fully saturated rings. The largest absolute Gasteiger partial charge is 0.486 e. The Morgan fingerprint density at radius 3 is 2.65 bits per heavy atom. The maximum absolute atomic E-state index is 5.60. The highest BCUT2D eigenvalue weighted by Gasteiger charge is 2.18.